The molecule has 0 radical (unpaired) electrons. The summed E-state index contributed by atoms with van der Waals surface area (Å²) >= 11 is 0. The van der Waals surface area contributed by atoms with Gasteiger partial charge in [-0.2, -0.15) is 0 Å². The van der Waals surface area contributed by atoms with E-state index in [4.69, 9.17) is 10.5 Å². The lowest BCUT2D eigenvalue weighted by molar-refractivity contribution is 0.0916. The van der Waals surface area contributed by atoms with Crippen LogP contribution in [0.2, 0.25) is 0 Å². The van der Waals surface area contributed by atoms with E-state index in [0.29, 0.717) is 17.2 Å². The number of phenolic OH excluding ortho intramolecular Hbond substituents is 1. The number of nitrogen functional groups attached to an aromatic ring is 1. The van der Waals surface area contributed by atoms with Crippen LogP contribution in [0.25, 0.3) is 0 Å². The van der Waals surface area contributed by atoms with Crippen LogP contribution in [0.4, 0.5) is 5.69 Å². The number of carbonyl (C=O) groups is 1. The van der Waals surface area contributed by atoms with Crippen LogP contribution >= 0.6 is 0 Å². The third kappa shape index (κ3) is 4.19. The van der Waals surface area contributed by atoms with Gasteiger partial charge in [0.05, 0.1) is 5.56 Å². The second kappa shape index (κ2) is 6.43. The van der Waals surface area contributed by atoms with Crippen LogP contribution < -0.4 is 15.8 Å². The number of nitrogens with one attached hydrogen (secondary N) is 1. The monoisotopic (exact) mass is 328 g/mol. The average Bonchev–Trinajstić information content (AvgIpc) is 2.42. The normalized spacial score (nSPS) is 11.2. The molecule has 24 heavy (non-hydrogen) atoms. The highest BCUT2D eigenvalue weighted by Crippen LogP contribution is 2.32. The number of hydrogen-bond acceptors (Lipinski definition) is 4. The van der Waals surface area contributed by atoms with Crippen molar-refractivity contribution in [2.45, 2.75) is 40.2 Å². The van der Waals surface area contributed by atoms with Gasteiger partial charge in [0.25, 0.3) is 5.91 Å². The number of anilines is 1. The van der Waals surface area contributed by atoms with Crippen LogP contribution in [0.3, 0.4) is 0 Å². The Morgan fingerprint density at radius 2 is 1.71 bits per heavy atom. The molecular formula is C19H24N2O3. The zero-order chi connectivity index (χ0) is 18.1. The first kappa shape index (κ1) is 17.7. The van der Waals surface area contributed by atoms with Gasteiger partial charge in [-0.05, 0) is 76.1 Å². The predicted molar refractivity (Wildman–Crippen MR) is 95.7 cm³/mol. The summed E-state index contributed by atoms with van der Waals surface area (Å²) in [6.07, 6.45) is 0. The maximum Gasteiger partial charge on any atom is 0.255 e. The molecule has 0 atom stereocenters. The zero-order valence-corrected chi connectivity index (χ0v) is 14.7. The van der Waals surface area contributed by atoms with Crippen LogP contribution in [-0.2, 0) is 0 Å². The molecule has 0 heterocycles. The third-order valence-corrected chi connectivity index (χ3v) is 3.40. The first-order chi connectivity index (χ1) is 11.1. The Balaban J connectivity index is 2.34. The SMILES string of the molecule is Cc1cc(N)cc(C)c1Oc1ccc(O)c(C(=O)NC(C)(C)C)c1. The van der Waals surface area contributed by atoms with Crippen molar-refractivity contribution in [1.29, 1.82) is 0 Å². The highest BCUT2D eigenvalue weighted by molar-refractivity contribution is 5.97. The van der Waals surface area contributed by atoms with Crippen molar-refractivity contribution in [2.75, 3.05) is 5.73 Å². The van der Waals surface area contributed by atoms with E-state index in [1.807, 2.05) is 46.8 Å². The molecule has 1 amide bonds. The van der Waals surface area contributed by atoms with Gasteiger partial charge < -0.3 is 20.9 Å². The quantitative estimate of drug-likeness (QED) is 0.746. The molecule has 0 aromatic heterocycles. The smallest absolute Gasteiger partial charge is 0.255 e. The fourth-order valence-corrected chi connectivity index (χ4v) is 2.43. The number of ether oxygens (including phenoxy) is 1. The molecule has 128 valence electrons. The summed E-state index contributed by atoms with van der Waals surface area (Å²) in [4.78, 5) is 12.3. The Kier molecular flexibility index (Phi) is 4.73. The maximum absolute atomic E-state index is 12.3. The topological polar surface area (TPSA) is 84.6 Å². The zero-order valence-electron chi connectivity index (χ0n) is 14.7. The van der Waals surface area contributed by atoms with Crippen molar-refractivity contribution in [3.63, 3.8) is 0 Å². The van der Waals surface area contributed by atoms with Gasteiger partial charge in [-0.15, -0.1) is 0 Å². The Labute approximate surface area is 142 Å². The summed E-state index contributed by atoms with van der Waals surface area (Å²) in [5, 5.41) is 12.8. The number of benzene rings is 2. The number of carbonyl (C=O) groups excluding carboxylic acids is 1. The van der Waals surface area contributed by atoms with Crippen molar-refractivity contribution < 1.29 is 14.6 Å². The van der Waals surface area contributed by atoms with E-state index in [1.165, 1.54) is 12.1 Å². The van der Waals surface area contributed by atoms with Gasteiger partial charge >= 0.3 is 0 Å². The standard InChI is InChI=1S/C19H24N2O3/c1-11-8-13(20)9-12(2)17(11)24-14-6-7-16(22)15(10-14)18(23)21-19(3,4)5/h6-10,22H,20H2,1-5H3,(H,21,23). The summed E-state index contributed by atoms with van der Waals surface area (Å²) in [5.41, 5.74) is 8.08. The number of phenols is 1. The molecule has 2 aromatic rings. The van der Waals surface area contributed by atoms with Gasteiger partial charge in [0.15, 0.2) is 0 Å². The molecule has 0 aliphatic carbocycles. The van der Waals surface area contributed by atoms with Crippen LogP contribution in [-0.4, -0.2) is 16.6 Å². The summed E-state index contributed by atoms with van der Waals surface area (Å²) in [6.45, 7) is 9.45. The van der Waals surface area contributed by atoms with E-state index >= 15 is 0 Å². The van der Waals surface area contributed by atoms with Crippen LogP contribution in [0.1, 0.15) is 42.3 Å². The van der Waals surface area contributed by atoms with Crippen molar-refractivity contribution in [3.05, 3.63) is 47.0 Å². The molecule has 0 bridgehead atoms. The van der Waals surface area contributed by atoms with Gasteiger partial charge in [-0.1, -0.05) is 0 Å². The molecule has 0 saturated heterocycles. The third-order valence-electron chi connectivity index (χ3n) is 3.40. The first-order valence-electron chi connectivity index (χ1n) is 7.77. The molecule has 0 unspecified atom stereocenters. The summed E-state index contributed by atoms with van der Waals surface area (Å²) in [7, 11) is 0. The number of amides is 1. The van der Waals surface area contributed by atoms with E-state index < -0.39 is 5.54 Å². The molecule has 2 rings (SSSR count). The minimum atomic E-state index is -0.398. The minimum absolute atomic E-state index is 0.0881. The van der Waals surface area contributed by atoms with Gasteiger partial charge in [0.2, 0.25) is 0 Å². The summed E-state index contributed by atoms with van der Waals surface area (Å²) in [5.74, 6) is 0.728. The van der Waals surface area contributed by atoms with Gasteiger partial charge in [-0.3, -0.25) is 4.79 Å². The molecule has 5 heteroatoms. The van der Waals surface area contributed by atoms with Crippen molar-refractivity contribution in [2.24, 2.45) is 0 Å². The predicted octanol–water partition coefficient (Wildman–Crippen LogP) is 3.91. The van der Waals surface area contributed by atoms with Crippen LogP contribution in [0.15, 0.2) is 30.3 Å². The number of aryl methyl sites for hydroxylation is 2. The first-order valence-corrected chi connectivity index (χ1v) is 7.77. The van der Waals surface area contributed by atoms with Gasteiger partial charge in [0.1, 0.15) is 17.2 Å². The molecule has 0 aliphatic heterocycles. The molecule has 0 fully saturated rings. The molecule has 0 aliphatic rings. The highest BCUT2D eigenvalue weighted by Gasteiger charge is 2.19. The molecule has 2 aromatic carbocycles. The Bertz CT molecular complexity index is 754. The van der Waals surface area contributed by atoms with E-state index in [1.54, 1.807) is 6.07 Å². The van der Waals surface area contributed by atoms with Crippen molar-refractivity contribution in [3.8, 4) is 17.2 Å². The molecular weight excluding hydrogens is 304 g/mol. The number of rotatable bonds is 3. The second-order valence-electron chi connectivity index (χ2n) is 6.97. The van der Waals surface area contributed by atoms with E-state index in [2.05, 4.69) is 5.32 Å². The lowest BCUT2D eigenvalue weighted by Gasteiger charge is -2.21. The maximum atomic E-state index is 12.3. The molecule has 5 nitrogen and oxygen atoms in total. The van der Waals surface area contributed by atoms with E-state index in [0.717, 1.165) is 11.1 Å². The van der Waals surface area contributed by atoms with Crippen molar-refractivity contribution in [1.82, 2.24) is 5.32 Å². The summed E-state index contributed by atoms with van der Waals surface area (Å²) < 4.78 is 5.92. The van der Waals surface area contributed by atoms with Gasteiger partial charge in [0, 0.05) is 11.2 Å². The van der Waals surface area contributed by atoms with Crippen LogP contribution in [0, 0.1) is 13.8 Å². The molecule has 0 saturated carbocycles. The minimum Gasteiger partial charge on any atom is -0.507 e. The lowest BCUT2D eigenvalue weighted by Crippen LogP contribution is -2.40. The highest BCUT2D eigenvalue weighted by atomic mass is 16.5. The fraction of sp³-hybridized carbons (Fsp3) is 0.316. The lowest BCUT2D eigenvalue weighted by atomic mass is 10.1. The average molecular weight is 328 g/mol. The largest absolute Gasteiger partial charge is 0.507 e. The Morgan fingerprint density at radius 3 is 2.25 bits per heavy atom. The second-order valence-corrected chi connectivity index (χ2v) is 6.97. The van der Waals surface area contributed by atoms with Crippen LogP contribution in [0.5, 0.6) is 17.2 Å². The Hall–Kier alpha value is -2.69. The Morgan fingerprint density at radius 1 is 1.12 bits per heavy atom. The number of aromatic hydroxyl groups is 1. The fourth-order valence-electron chi connectivity index (χ4n) is 2.43. The number of nitrogens with two attached hydrogens (primary N) is 1. The summed E-state index contributed by atoms with van der Waals surface area (Å²) in [6, 6.07) is 8.27. The van der Waals surface area contributed by atoms with E-state index in [9.17, 15) is 9.90 Å². The van der Waals surface area contributed by atoms with Gasteiger partial charge in [-0.25, -0.2) is 0 Å². The molecule has 4 N–H and O–H groups in total. The number of hydrogen-bond donors (Lipinski definition) is 3. The molecule has 0 spiro atoms. The van der Waals surface area contributed by atoms with Crippen molar-refractivity contribution >= 4 is 11.6 Å². The van der Waals surface area contributed by atoms with E-state index in [-0.39, 0.29) is 17.2 Å².